The minimum absolute atomic E-state index is 0.0196. The molecule has 178 valence electrons. The van der Waals surface area contributed by atoms with Crippen LogP contribution in [0.15, 0.2) is 53.4 Å². The largest absolute Gasteiger partial charge is 0.369 e. The molecule has 1 heterocycles. The highest BCUT2D eigenvalue weighted by molar-refractivity contribution is 7.89. The van der Waals surface area contributed by atoms with Crippen molar-refractivity contribution in [1.29, 1.82) is 0 Å². The van der Waals surface area contributed by atoms with Crippen LogP contribution in [0.3, 0.4) is 0 Å². The van der Waals surface area contributed by atoms with Gasteiger partial charge in [-0.3, -0.25) is 9.59 Å². The maximum absolute atomic E-state index is 13.1. The number of carbonyl (C=O) groups is 2. The number of primary amides is 1. The minimum Gasteiger partial charge on any atom is -0.369 e. The number of halogens is 1. The predicted molar refractivity (Wildman–Crippen MR) is 123 cm³/mol. The van der Waals surface area contributed by atoms with E-state index >= 15 is 0 Å². The van der Waals surface area contributed by atoms with Gasteiger partial charge in [0.15, 0.2) is 0 Å². The SMILES string of the molecule is CN(CC(=O)Nc1ccc(CCN2CCC(C(N)=O)CC2)cc1)S(=O)(=O)c1ccc(F)cc1. The Hall–Kier alpha value is -2.82. The summed E-state index contributed by atoms with van der Waals surface area (Å²) < 4.78 is 39.0. The third-order valence-electron chi connectivity index (χ3n) is 5.83. The zero-order chi connectivity index (χ0) is 24.0. The molecule has 0 aromatic heterocycles. The summed E-state index contributed by atoms with van der Waals surface area (Å²) in [6.45, 7) is 2.22. The number of hydrogen-bond acceptors (Lipinski definition) is 5. The first kappa shape index (κ1) is 24.8. The van der Waals surface area contributed by atoms with E-state index in [1.54, 1.807) is 12.1 Å². The molecule has 10 heteroatoms. The van der Waals surface area contributed by atoms with Gasteiger partial charge in [0.2, 0.25) is 21.8 Å². The highest BCUT2D eigenvalue weighted by Gasteiger charge is 2.24. The van der Waals surface area contributed by atoms with Crippen molar-refractivity contribution in [3.05, 3.63) is 59.9 Å². The van der Waals surface area contributed by atoms with E-state index < -0.39 is 21.7 Å². The molecule has 3 rings (SSSR count). The molecule has 0 spiro atoms. The van der Waals surface area contributed by atoms with Crippen LogP contribution in [0.2, 0.25) is 0 Å². The van der Waals surface area contributed by atoms with E-state index in [0.29, 0.717) is 5.69 Å². The van der Waals surface area contributed by atoms with Crippen molar-refractivity contribution in [2.24, 2.45) is 11.7 Å². The summed E-state index contributed by atoms with van der Waals surface area (Å²) >= 11 is 0. The third-order valence-corrected chi connectivity index (χ3v) is 7.65. The van der Waals surface area contributed by atoms with Gasteiger partial charge in [-0.05, 0) is 74.3 Å². The molecule has 0 bridgehead atoms. The van der Waals surface area contributed by atoms with E-state index in [1.807, 2.05) is 12.1 Å². The number of benzene rings is 2. The summed E-state index contributed by atoms with van der Waals surface area (Å²) in [4.78, 5) is 25.8. The van der Waals surface area contributed by atoms with Gasteiger partial charge in [-0.15, -0.1) is 0 Å². The molecule has 2 aromatic carbocycles. The zero-order valence-corrected chi connectivity index (χ0v) is 19.4. The number of carbonyl (C=O) groups excluding carboxylic acids is 2. The average Bonchev–Trinajstić information content (AvgIpc) is 2.79. The molecule has 1 saturated heterocycles. The van der Waals surface area contributed by atoms with E-state index in [9.17, 15) is 22.4 Å². The molecule has 2 amide bonds. The Balaban J connectivity index is 1.47. The van der Waals surface area contributed by atoms with Crippen molar-refractivity contribution >= 4 is 27.5 Å². The maximum Gasteiger partial charge on any atom is 0.243 e. The van der Waals surface area contributed by atoms with Crippen molar-refractivity contribution in [3.8, 4) is 0 Å². The second-order valence-electron chi connectivity index (χ2n) is 8.23. The Bertz CT molecular complexity index is 1070. The molecular weight excluding hydrogens is 447 g/mol. The Morgan fingerprint density at radius 2 is 1.70 bits per heavy atom. The van der Waals surface area contributed by atoms with Gasteiger partial charge in [-0.2, -0.15) is 4.31 Å². The van der Waals surface area contributed by atoms with Gasteiger partial charge in [0.1, 0.15) is 5.82 Å². The molecule has 0 atom stereocenters. The number of amides is 2. The van der Waals surface area contributed by atoms with Gasteiger partial charge in [-0.1, -0.05) is 12.1 Å². The summed E-state index contributed by atoms with van der Waals surface area (Å²) in [6, 6.07) is 11.9. The van der Waals surface area contributed by atoms with Crippen molar-refractivity contribution in [1.82, 2.24) is 9.21 Å². The topological polar surface area (TPSA) is 113 Å². The number of piperidine rings is 1. The first-order valence-electron chi connectivity index (χ1n) is 10.8. The summed E-state index contributed by atoms with van der Waals surface area (Å²) in [5.41, 5.74) is 7.05. The van der Waals surface area contributed by atoms with Crippen molar-refractivity contribution in [3.63, 3.8) is 0 Å². The maximum atomic E-state index is 13.1. The lowest BCUT2D eigenvalue weighted by atomic mass is 9.96. The molecule has 2 aromatic rings. The van der Waals surface area contributed by atoms with Crippen LogP contribution in [0, 0.1) is 11.7 Å². The minimum atomic E-state index is -3.90. The molecule has 1 fully saturated rings. The number of likely N-dealkylation sites (tertiary alicyclic amines) is 1. The van der Waals surface area contributed by atoms with Crippen LogP contribution < -0.4 is 11.1 Å². The van der Waals surface area contributed by atoms with Crippen molar-refractivity contribution in [2.45, 2.75) is 24.2 Å². The van der Waals surface area contributed by atoms with Crippen LogP contribution in [0.1, 0.15) is 18.4 Å². The first-order chi connectivity index (χ1) is 15.6. The van der Waals surface area contributed by atoms with Gasteiger partial charge in [-0.25, -0.2) is 12.8 Å². The fraction of sp³-hybridized carbons (Fsp3) is 0.391. The van der Waals surface area contributed by atoms with Crippen LogP contribution in [0.25, 0.3) is 0 Å². The number of nitrogens with zero attached hydrogens (tertiary/aromatic N) is 2. The number of sulfonamides is 1. The lowest BCUT2D eigenvalue weighted by molar-refractivity contribution is -0.123. The van der Waals surface area contributed by atoms with Gasteiger partial charge >= 0.3 is 0 Å². The molecule has 33 heavy (non-hydrogen) atoms. The smallest absolute Gasteiger partial charge is 0.243 e. The lowest BCUT2D eigenvalue weighted by Crippen LogP contribution is -2.39. The Morgan fingerprint density at radius 1 is 1.09 bits per heavy atom. The quantitative estimate of drug-likeness (QED) is 0.573. The van der Waals surface area contributed by atoms with Gasteiger partial charge in [0, 0.05) is 25.2 Å². The second-order valence-corrected chi connectivity index (χ2v) is 10.3. The Morgan fingerprint density at radius 3 is 2.27 bits per heavy atom. The normalized spacial score (nSPS) is 15.5. The number of rotatable bonds is 9. The number of hydrogen-bond donors (Lipinski definition) is 2. The van der Waals surface area contributed by atoms with Gasteiger partial charge < -0.3 is 16.0 Å². The number of likely N-dealkylation sites (N-methyl/N-ethyl adjacent to an activating group) is 1. The molecule has 0 aliphatic carbocycles. The Kier molecular flexibility index (Phi) is 8.17. The standard InChI is InChI=1S/C23H29FN4O4S/c1-27(33(31,32)21-8-4-19(24)5-9-21)16-22(29)26-20-6-2-17(3-7-20)10-13-28-14-11-18(12-15-28)23(25)30/h2-9,18H,10-16H2,1H3,(H2,25,30)(H,26,29). The first-order valence-corrected chi connectivity index (χ1v) is 12.2. The van der Waals surface area contributed by atoms with Gasteiger partial charge in [0.25, 0.3) is 0 Å². The molecular formula is C23H29FN4O4S. The number of nitrogens with one attached hydrogen (secondary N) is 1. The molecule has 3 N–H and O–H groups in total. The second kappa shape index (κ2) is 10.9. The summed E-state index contributed by atoms with van der Waals surface area (Å²) in [5, 5.41) is 2.69. The third kappa shape index (κ3) is 6.83. The predicted octanol–water partition coefficient (Wildman–Crippen LogP) is 1.82. The van der Waals surface area contributed by atoms with E-state index in [4.69, 9.17) is 5.73 Å². The van der Waals surface area contributed by atoms with E-state index in [-0.39, 0.29) is 23.3 Å². The fourth-order valence-electron chi connectivity index (χ4n) is 3.76. The molecule has 0 saturated carbocycles. The number of nitrogens with two attached hydrogens (primary N) is 1. The van der Waals surface area contributed by atoms with E-state index in [1.165, 1.54) is 7.05 Å². The highest BCUT2D eigenvalue weighted by atomic mass is 32.2. The molecule has 0 radical (unpaired) electrons. The van der Waals surface area contributed by atoms with E-state index in [2.05, 4.69) is 10.2 Å². The fourth-order valence-corrected chi connectivity index (χ4v) is 4.88. The highest BCUT2D eigenvalue weighted by Crippen LogP contribution is 2.18. The monoisotopic (exact) mass is 476 g/mol. The number of anilines is 1. The molecule has 1 aliphatic rings. The molecule has 0 unspecified atom stereocenters. The van der Waals surface area contributed by atoms with Crippen LogP contribution in [0.5, 0.6) is 0 Å². The van der Waals surface area contributed by atoms with Crippen LogP contribution >= 0.6 is 0 Å². The average molecular weight is 477 g/mol. The summed E-state index contributed by atoms with van der Waals surface area (Å²) in [6.07, 6.45) is 2.44. The van der Waals surface area contributed by atoms with Crippen LogP contribution in [0.4, 0.5) is 10.1 Å². The molecule has 8 nitrogen and oxygen atoms in total. The van der Waals surface area contributed by atoms with Crippen molar-refractivity contribution < 1.29 is 22.4 Å². The van der Waals surface area contributed by atoms with Gasteiger partial charge in [0.05, 0.1) is 11.4 Å². The van der Waals surface area contributed by atoms with Crippen molar-refractivity contribution in [2.75, 3.05) is 38.5 Å². The summed E-state index contributed by atoms with van der Waals surface area (Å²) in [7, 11) is -2.60. The molecule has 1 aliphatic heterocycles. The summed E-state index contributed by atoms with van der Waals surface area (Å²) in [5.74, 6) is -1.25. The zero-order valence-electron chi connectivity index (χ0n) is 18.5. The van der Waals surface area contributed by atoms with E-state index in [0.717, 1.165) is 73.0 Å². The lowest BCUT2D eigenvalue weighted by Gasteiger charge is -2.30. The Labute approximate surface area is 193 Å². The van der Waals surface area contributed by atoms with Crippen LogP contribution in [-0.2, 0) is 26.0 Å². The van der Waals surface area contributed by atoms with Crippen LogP contribution in [-0.4, -0.2) is 62.7 Å².